The second kappa shape index (κ2) is 4.89. The lowest BCUT2D eigenvalue weighted by Crippen LogP contribution is -2.39. The first-order chi connectivity index (χ1) is 9.18. The molecule has 19 heavy (non-hydrogen) atoms. The van der Waals surface area contributed by atoms with Crippen LogP contribution in [0.25, 0.3) is 0 Å². The monoisotopic (exact) mass is 280 g/mol. The maximum absolute atomic E-state index is 12.6. The van der Waals surface area contributed by atoms with Gasteiger partial charge in [0.1, 0.15) is 11.7 Å². The SMILES string of the molecule is COCCC(C)N1C(=O)C2(CC2)NC1c1ccsc1. The third-order valence-electron chi connectivity index (χ3n) is 4.16. The van der Waals surface area contributed by atoms with Gasteiger partial charge in [-0.1, -0.05) is 0 Å². The fourth-order valence-corrected chi connectivity index (χ4v) is 3.48. The van der Waals surface area contributed by atoms with Crippen molar-refractivity contribution in [2.24, 2.45) is 0 Å². The van der Waals surface area contributed by atoms with Crippen molar-refractivity contribution in [3.63, 3.8) is 0 Å². The van der Waals surface area contributed by atoms with Crippen molar-refractivity contribution in [2.45, 2.75) is 43.9 Å². The minimum absolute atomic E-state index is 0.0353. The van der Waals surface area contributed by atoms with Gasteiger partial charge in [-0.05, 0) is 48.6 Å². The number of hydrogen-bond donors (Lipinski definition) is 1. The number of methoxy groups -OCH3 is 1. The second-order valence-electron chi connectivity index (χ2n) is 5.53. The molecule has 2 atom stereocenters. The molecule has 1 aromatic heterocycles. The molecule has 3 rings (SSSR count). The minimum Gasteiger partial charge on any atom is -0.385 e. The Balaban J connectivity index is 1.83. The Morgan fingerprint density at radius 1 is 1.63 bits per heavy atom. The Bertz CT molecular complexity index is 456. The van der Waals surface area contributed by atoms with E-state index in [-0.39, 0.29) is 23.7 Å². The number of thiophene rings is 1. The summed E-state index contributed by atoms with van der Waals surface area (Å²) >= 11 is 1.68. The molecule has 5 heteroatoms. The largest absolute Gasteiger partial charge is 0.385 e. The molecular formula is C14H20N2O2S. The van der Waals surface area contributed by atoms with Gasteiger partial charge in [-0.25, -0.2) is 0 Å². The van der Waals surface area contributed by atoms with Gasteiger partial charge >= 0.3 is 0 Å². The molecule has 1 aromatic rings. The number of amides is 1. The molecular weight excluding hydrogens is 260 g/mol. The average molecular weight is 280 g/mol. The molecule has 4 nitrogen and oxygen atoms in total. The second-order valence-corrected chi connectivity index (χ2v) is 6.31. The van der Waals surface area contributed by atoms with Crippen molar-refractivity contribution < 1.29 is 9.53 Å². The third-order valence-corrected chi connectivity index (χ3v) is 4.86. The number of nitrogens with zero attached hydrogens (tertiary/aromatic N) is 1. The summed E-state index contributed by atoms with van der Waals surface area (Å²) in [6, 6.07) is 2.30. The van der Waals surface area contributed by atoms with Gasteiger partial charge in [-0.2, -0.15) is 11.3 Å². The maximum atomic E-state index is 12.6. The summed E-state index contributed by atoms with van der Waals surface area (Å²) in [5.74, 6) is 0.271. The normalized spacial score (nSPS) is 26.1. The van der Waals surface area contributed by atoms with Crippen LogP contribution in [0.2, 0.25) is 0 Å². The standard InChI is InChI=1S/C14H20N2O2S/c1-10(3-7-18-2)16-12(11-4-8-19-9-11)15-14(5-6-14)13(16)17/h4,8-10,12,15H,3,5-7H2,1-2H3. The highest BCUT2D eigenvalue weighted by Gasteiger charge is 2.60. The van der Waals surface area contributed by atoms with E-state index in [2.05, 4.69) is 29.1 Å². The fraction of sp³-hybridized carbons (Fsp3) is 0.643. The van der Waals surface area contributed by atoms with E-state index >= 15 is 0 Å². The number of carbonyl (C=O) groups excluding carboxylic acids is 1. The molecule has 1 spiro atoms. The van der Waals surface area contributed by atoms with Crippen LogP contribution in [-0.4, -0.2) is 36.1 Å². The lowest BCUT2D eigenvalue weighted by Gasteiger charge is -2.30. The van der Waals surface area contributed by atoms with Crippen LogP contribution in [0, 0.1) is 0 Å². The number of carbonyl (C=O) groups is 1. The highest BCUT2D eigenvalue weighted by atomic mass is 32.1. The van der Waals surface area contributed by atoms with Crippen LogP contribution in [0.3, 0.4) is 0 Å². The first kappa shape index (κ1) is 13.1. The van der Waals surface area contributed by atoms with Crippen LogP contribution in [-0.2, 0) is 9.53 Å². The van der Waals surface area contributed by atoms with Gasteiger partial charge in [0, 0.05) is 19.8 Å². The quantitative estimate of drug-likeness (QED) is 0.898. The minimum atomic E-state index is -0.256. The Hall–Kier alpha value is -0.910. The molecule has 1 saturated heterocycles. The molecule has 104 valence electrons. The Morgan fingerprint density at radius 2 is 2.42 bits per heavy atom. The Labute approximate surface area is 117 Å². The van der Waals surface area contributed by atoms with Gasteiger partial charge < -0.3 is 9.64 Å². The van der Waals surface area contributed by atoms with E-state index in [4.69, 9.17) is 4.74 Å². The van der Waals surface area contributed by atoms with Crippen molar-refractivity contribution in [2.75, 3.05) is 13.7 Å². The molecule has 2 aliphatic rings. The van der Waals surface area contributed by atoms with E-state index in [0.29, 0.717) is 6.61 Å². The van der Waals surface area contributed by atoms with Crippen molar-refractivity contribution in [3.8, 4) is 0 Å². The average Bonchev–Trinajstić information content (AvgIpc) is 2.87. The number of rotatable bonds is 5. The van der Waals surface area contributed by atoms with E-state index in [1.54, 1.807) is 18.4 Å². The Morgan fingerprint density at radius 3 is 3.00 bits per heavy atom. The van der Waals surface area contributed by atoms with Crippen molar-refractivity contribution in [3.05, 3.63) is 22.4 Å². The summed E-state index contributed by atoms with van der Waals surface area (Å²) in [7, 11) is 1.70. The molecule has 1 aliphatic heterocycles. The van der Waals surface area contributed by atoms with E-state index in [9.17, 15) is 4.79 Å². The van der Waals surface area contributed by atoms with Crippen molar-refractivity contribution >= 4 is 17.2 Å². The first-order valence-electron chi connectivity index (χ1n) is 6.79. The topological polar surface area (TPSA) is 41.6 Å². The summed E-state index contributed by atoms with van der Waals surface area (Å²) in [6.07, 6.45) is 2.86. The maximum Gasteiger partial charge on any atom is 0.244 e. The van der Waals surface area contributed by atoms with E-state index in [1.807, 2.05) is 4.90 Å². The highest BCUT2D eigenvalue weighted by Crippen LogP contribution is 2.47. The van der Waals surface area contributed by atoms with Gasteiger partial charge in [-0.3, -0.25) is 10.1 Å². The van der Waals surface area contributed by atoms with Crippen LogP contribution in [0.4, 0.5) is 0 Å². The zero-order valence-electron chi connectivity index (χ0n) is 11.4. The lowest BCUT2D eigenvalue weighted by atomic mass is 10.1. The number of nitrogens with one attached hydrogen (secondary N) is 1. The van der Waals surface area contributed by atoms with Gasteiger partial charge in [0.2, 0.25) is 5.91 Å². The van der Waals surface area contributed by atoms with Crippen molar-refractivity contribution in [1.82, 2.24) is 10.2 Å². The molecule has 0 bridgehead atoms. The van der Waals surface area contributed by atoms with Crippen molar-refractivity contribution in [1.29, 1.82) is 0 Å². The summed E-state index contributed by atoms with van der Waals surface area (Å²) in [6.45, 7) is 2.80. The van der Waals surface area contributed by atoms with Crippen LogP contribution in [0.15, 0.2) is 16.8 Å². The predicted molar refractivity (Wildman–Crippen MR) is 75.0 cm³/mol. The molecule has 2 unspecified atom stereocenters. The molecule has 1 amide bonds. The van der Waals surface area contributed by atoms with E-state index in [1.165, 1.54) is 5.56 Å². The summed E-state index contributed by atoms with van der Waals surface area (Å²) in [5.41, 5.74) is 0.944. The molecule has 1 aliphatic carbocycles. The van der Waals surface area contributed by atoms with E-state index < -0.39 is 0 Å². The zero-order valence-corrected chi connectivity index (χ0v) is 12.2. The summed E-state index contributed by atoms with van der Waals surface area (Å²) < 4.78 is 5.14. The smallest absolute Gasteiger partial charge is 0.244 e. The van der Waals surface area contributed by atoms with E-state index in [0.717, 1.165) is 19.3 Å². The molecule has 0 radical (unpaired) electrons. The molecule has 2 heterocycles. The van der Waals surface area contributed by atoms with Gasteiger partial charge in [0.05, 0.1) is 0 Å². The number of ether oxygens (including phenoxy) is 1. The summed E-state index contributed by atoms with van der Waals surface area (Å²) in [5, 5.41) is 7.74. The third kappa shape index (κ3) is 2.20. The predicted octanol–water partition coefficient (Wildman–Crippen LogP) is 2.14. The fourth-order valence-electron chi connectivity index (χ4n) is 2.80. The van der Waals surface area contributed by atoms with Gasteiger partial charge in [-0.15, -0.1) is 0 Å². The molecule has 1 saturated carbocycles. The lowest BCUT2D eigenvalue weighted by molar-refractivity contribution is -0.133. The number of hydrogen-bond acceptors (Lipinski definition) is 4. The molecule has 2 fully saturated rings. The van der Waals surface area contributed by atoms with Crippen LogP contribution in [0.5, 0.6) is 0 Å². The van der Waals surface area contributed by atoms with Crippen LogP contribution >= 0.6 is 11.3 Å². The zero-order chi connectivity index (χ0) is 13.5. The summed E-state index contributed by atoms with van der Waals surface area (Å²) in [4.78, 5) is 14.6. The van der Waals surface area contributed by atoms with Gasteiger partial charge in [0.15, 0.2) is 0 Å². The molecule has 1 N–H and O–H groups in total. The molecule has 0 aromatic carbocycles. The first-order valence-corrected chi connectivity index (χ1v) is 7.74. The Kier molecular flexibility index (Phi) is 3.37. The van der Waals surface area contributed by atoms with Crippen LogP contribution < -0.4 is 5.32 Å². The van der Waals surface area contributed by atoms with Crippen LogP contribution in [0.1, 0.15) is 37.9 Å². The van der Waals surface area contributed by atoms with Gasteiger partial charge in [0.25, 0.3) is 0 Å². The highest BCUT2D eigenvalue weighted by molar-refractivity contribution is 7.07.